The summed E-state index contributed by atoms with van der Waals surface area (Å²) >= 11 is 0. The van der Waals surface area contributed by atoms with Crippen LogP contribution in [0.5, 0.6) is 5.75 Å². The molecule has 0 radical (unpaired) electrons. The number of aromatic nitrogens is 2. The largest absolute Gasteiger partial charge is 0.496 e. The molecule has 92 valence electrons. The number of nitrogens with zero attached hydrogens (tertiary/aromatic N) is 1. The first-order valence-corrected chi connectivity index (χ1v) is 5.24. The van der Waals surface area contributed by atoms with Gasteiger partial charge in [0, 0.05) is 0 Å². The van der Waals surface area contributed by atoms with E-state index in [1.54, 1.807) is 19.2 Å². The van der Waals surface area contributed by atoms with Gasteiger partial charge in [-0.1, -0.05) is 12.1 Å². The lowest BCUT2D eigenvalue weighted by Gasteiger charge is -2.06. The molecule has 0 amide bonds. The quantitative estimate of drug-likeness (QED) is 0.600. The molecule has 0 saturated carbocycles. The van der Waals surface area contributed by atoms with Crippen molar-refractivity contribution in [1.29, 1.82) is 0 Å². The number of rotatable bonds is 3. The summed E-state index contributed by atoms with van der Waals surface area (Å²) < 4.78 is 5.22. The molecule has 1 aromatic carbocycles. The number of H-pyrrole nitrogens is 1. The Morgan fingerprint density at radius 2 is 2.11 bits per heavy atom. The fourth-order valence-electron chi connectivity index (χ4n) is 1.63. The number of nitrogens with one attached hydrogen (secondary N) is 1. The van der Waals surface area contributed by atoms with E-state index in [9.17, 15) is 4.79 Å². The third kappa shape index (κ3) is 2.08. The number of anilines is 1. The summed E-state index contributed by atoms with van der Waals surface area (Å²) in [5.74, 6) is 0.805. The number of hydrogen-bond acceptors (Lipinski definition) is 4. The highest BCUT2D eigenvalue weighted by Crippen LogP contribution is 2.20. The Bertz CT molecular complexity index is 649. The molecule has 0 bridgehead atoms. The van der Waals surface area contributed by atoms with Gasteiger partial charge in [-0.25, -0.2) is 9.78 Å². The molecule has 0 aliphatic heterocycles. The minimum atomic E-state index is -0.510. The number of nitrogens with two attached hydrogens (primary N) is 2. The highest BCUT2D eigenvalue weighted by Gasteiger charge is 2.18. The molecule has 18 heavy (non-hydrogen) atoms. The minimum absolute atomic E-state index is 0.179. The summed E-state index contributed by atoms with van der Waals surface area (Å²) in [5.41, 5.74) is 6.77. The summed E-state index contributed by atoms with van der Waals surface area (Å²) in [6.45, 7) is 0. The standard InChI is InChI=1S/C12H12N4O2/c1-18-9-5-3-2-4-7(9)10(13)8-6-15-12(17)16-11(8)14/h2-6,13H,1H3,(H3,14,15,16,17)/p+1. The van der Waals surface area contributed by atoms with Crippen molar-refractivity contribution in [3.63, 3.8) is 0 Å². The van der Waals surface area contributed by atoms with Gasteiger partial charge in [-0.15, -0.1) is 0 Å². The topological polar surface area (TPSA) is 107 Å². The smallest absolute Gasteiger partial charge is 0.346 e. The van der Waals surface area contributed by atoms with Crippen LogP contribution in [-0.4, -0.2) is 22.8 Å². The van der Waals surface area contributed by atoms with Crippen LogP contribution in [-0.2, 0) is 0 Å². The van der Waals surface area contributed by atoms with Gasteiger partial charge in [0.05, 0.1) is 18.9 Å². The van der Waals surface area contributed by atoms with E-state index >= 15 is 0 Å². The van der Waals surface area contributed by atoms with Gasteiger partial charge in [-0.05, 0) is 12.1 Å². The molecule has 1 heterocycles. The van der Waals surface area contributed by atoms with Crippen molar-refractivity contribution < 1.29 is 10.1 Å². The molecule has 0 atom stereocenters. The van der Waals surface area contributed by atoms with Crippen LogP contribution < -0.4 is 21.6 Å². The van der Waals surface area contributed by atoms with E-state index in [1.165, 1.54) is 6.20 Å². The number of ether oxygens (including phenoxy) is 1. The highest BCUT2D eigenvalue weighted by molar-refractivity contribution is 6.12. The molecule has 2 aromatic rings. The normalized spacial score (nSPS) is 10.1. The predicted molar refractivity (Wildman–Crippen MR) is 67.4 cm³/mol. The molecule has 0 aliphatic carbocycles. The van der Waals surface area contributed by atoms with Crippen molar-refractivity contribution in [2.24, 2.45) is 0 Å². The summed E-state index contributed by atoms with van der Waals surface area (Å²) in [6, 6.07) is 7.26. The lowest BCUT2D eigenvalue weighted by Crippen LogP contribution is -2.42. The summed E-state index contributed by atoms with van der Waals surface area (Å²) in [7, 11) is 1.56. The maximum Gasteiger partial charge on any atom is 0.346 e. The molecule has 1 aromatic heterocycles. The Balaban J connectivity index is 2.51. The van der Waals surface area contributed by atoms with Gasteiger partial charge in [-0.2, -0.15) is 0 Å². The van der Waals surface area contributed by atoms with Crippen molar-refractivity contribution in [3.8, 4) is 5.75 Å². The maximum absolute atomic E-state index is 11.0. The van der Waals surface area contributed by atoms with Crippen LogP contribution in [0.25, 0.3) is 0 Å². The van der Waals surface area contributed by atoms with E-state index in [0.29, 0.717) is 22.6 Å². The average Bonchev–Trinajstić information content (AvgIpc) is 2.38. The second-order valence-electron chi connectivity index (χ2n) is 3.63. The third-order valence-electron chi connectivity index (χ3n) is 2.53. The Labute approximate surface area is 103 Å². The number of hydrogen-bond donors (Lipinski definition) is 3. The summed E-state index contributed by atoms with van der Waals surface area (Å²) in [6.07, 6.45) is 1.34. The van der Waals surface area contributed by atoms with Crippen molar-refractivity contribution in [3.05, 3.63) is 52.1 Å². The van der Waals surface area contributed by atoms with E-state index < -0.39 is 5.69 Å². The van der Waals surface area contributed by atoms with Crippen molar-refractivity contribution in [2.45, 2.75) is 0 Å². The van der Waals surface area contributed by atoms with Crippen molar-refractivity contribution >= 4 is 11.5 Å². The van der Waals surface area contributed by atoms with Crippen LogP contribution in [0.1, 0.15) is 11.1 Å². The van der Waals surface area contributed by atoms with Crippen LogP contribution in [0.15, 0.2) is 35.3 Å². The zero-order valence-corrected chi connectivity index (χ0v) is 9.81. The highest BCUT2D eigenvalue weighted by atomic mass is 16.5. The van der Waals surface area contributed by atoms with Crippen molar-refractivity contribution in [1.82, 2.24) is 9.97 Å². The van der Waals surface area contributed by atoms with Gasteiger partial charge >= 0.3 is 5.69 Å². The van der Waals surface area contributed by atoms with Crippen LogP contribution in [0.3, 0.4) is 0 Å². The van der Waals surface area contributed by atoms with E-state index in [-0.39, 0.29) is 5.82 Å². The lowest BCUT2D eigenvalue weighted by atomic mass is 10.0. The molecule has 0 aliphatic rings. The van der Waals surface area contributed by atoms with E-state index in [0.717, 1.165) is 0 Å². The maximum atomic E-state index is 11.0. The Hall–Kier alpha value is -2.63. The van der Waals surface area contributed by atoms with Crippen molar-refractivity contribution in [2.75, 3.05) is 12.8 Å². The lowest BCUT2D eigenvalue weighted by molar-refractivity contribution is -0.111. The summed E-state index contributed by atoms with van der Waals surface area (Å²) in [5, 5.41) is 6.04. The first-order valence-electron chi connectivity index (χ1n) is 5.24. The molecule has 0 saturated heterocycles. The first-order chi connectivity index (χ1) is 8.63. The van der Waals surface area contributed by atoms with Gasteiger partial charge in [0.15, 0.2) is 0 Å². The first kappa shape index (κ1) is 11.8. The SMILES string of the molecule is COc1ccccc1C(=[NH2+])c1cnc(=O)[nH]c1N. The molecule has 6 heteroatoms. The van der Waals surface area contributed by atoms with E-state index in [1.807, 2.05) is 12.1 Å². The molecule has 0 unspecified atom stereocenters. The molecule has 6 nitrogen and oxygen atoms in total. The molecule has 2 rings (SSSR count). The average molecular weight is 245 g/mol. The molecule has 0 fully saturated rings. The van der Waals surface area contributed by atoms with Crippen LogP contribution in [0.2, 0.25) is 0 Å². The fraction of sp³-hybridized carbons (Fsp3) is 0.0833. The number of para-hydroxylation sites is 1. The molecular weight excluding hydrogens is 232 g/mol. The van der Waals surface area contributed by atoms with Gasteiger partial charge in [0.1, 0.15) is 17.1 Å². The fourth-order valence-corrected chi connectivity index (χ4v) is 1.63. The Kier molecular flexibility index (Phi) is 3.09. The van der Waals surface area contributed by atoms with Gasteiger partial charge in [0.2, 0.25) is 5.71 Å². The Morgan fingerprint density at radius 3 is 2.78 bits per heavy atom. The van der Waals surface area contributed by atoms with Gasteiger partial charge in [0.25, 0.3) is 0 Å². The molecule has 5 N–H and O–H groups in total. The monoisotopic (exact) mass is 245 g/mol. The van der Waals surface area contributed by atoms with Crippen LogP contribution >= 0.6 is 0 Å². The van der Waals surface area contributed by atoms with Crippen LogP contribution in [0.4, 0.5) is 5.82 Å². The van der Waals surface area contributed by atoms with Crippen LogP contribution in [0, 0.1) is 0 Å². The predicted octanol–water partition coefficient (Wildman–Crippen LogP) is -1.04. The number of benzene rings is 1. The number of aromatic amines is 1. The van der Waals surface area contributed by atoms with Gasteiger partial charge in [-0.3, -0.25) is 10.4 Å². The summed E-state index contributed by atoms with van der Waals surface area (Å²) in [4.78, 5) is 17.0. The second kappa shape index (κ2) is 4.70. The number of methoxy groups -OCH3 is 1. The van der Waals surface area contributed by atoms with E-state index in [2.05, 4.69) is 9.97 Å². The molecule has 0 spiro atoms. The second-order valence-corrected chi connectivity index (χ2v) is 3.63. The van der Waals surface area contributed by atoms with E-state index in [4.69, 9.17) is 15.9 Å². The Morgan fingerprint density at radius 1 is 1.39 bits per heavy atom. The third-order valence-corrected chi connectivity index (χ3v) is 2.53. The zero-order chi connectivity index (χ0) is 13.1. The molecular formula is C12H13N4O2+. The zero-order valence-electron chi connectivity index (χ0n) is 9.81. The minimum Gasteiger partial charge on any atom is -0.496 e. The van der Waals surface area contributed by atoms with Gasteiger partial charge < -0.3 is 10.5 Å². The number of nitrogen functional groups attached to an aromatic ring is 1.